The Hall–Kier alpha value is -1.56. The van der Waals surface area contributed by atoms with Crippen LogP contribution in [0.4, 0.5) is 5.69 Å². The van der Waals surface area contributed by atoms with Gasteiger partial charge in [-0.2, -0.15) is 0 Å². The molecule has 24 heavy (non-hydrogen) atoms. The van der Waals surface area contributed by atoms with Gasteiger partial charge in [0.25, 0.3) is 0 Å². The van der Waals surface area contributed by atoms with Gasteiger partial charge < -0.3 is 4.90 Å². The molecular formula is C18H28N2O3S. The lowest BCUT2D eigenvalue weighted by Crippen LogP contribution is -2.49. The highest BCUT2D eigenvalue weighted by molar-refractivity contribution is 7.92. The lowest BCUT2D eigenvalue weighted by Gasteiger charge is -2.36. The van der Waals surface area contributed by atoms with E-state index in [4.69, 9.17) is 0 Å². The number of carbonyl (C=O) groups is 1. The monoisotopic (exact) mass is 352 g/mol. The minimum atomic E-state index is -3.52. The van der Waals surface area contributed by atoms with Gasteiger partial charge >= 0.3 is 0 Å². The predicted molar refractivity (Wildman–Crippen MR) is 97.7 cm³/mol. The minimum absolute atomic E-state index is 0.105. The van der Waals surface area contributed by atoms with Gasteiger partial charge in [0.15, 0.2) is 0 Å². The summed E-state index contributed by atoms with van der Waals surface area (Å²) < 4.78 is 25.8. The Morgan fingerprint density at radius 2 is 1.83 bits per heavy atom. The van der Waals surface area contributed by atoms with E-state index in [0.29, 0.717) is 5.69 Å². The number of benzene rings is 1. The first-order valence-electron chi connectivity index (χ1n) is 8.58. The Morgan fingerprint density at radius 3 is 2.38 bits per heavy atom. The summed E-state index contributed by atoms with van der Waals surface area (Å²) in [6.45, 7) is 6.53. The lowest BCUT2D eigenvalue weighted by molar-refractivity contribution is -0.133. The molecule has 0 bridgehead atoms. The van der Waals surface area contributed by atoms with Crippen LogP contribution >= 0.6 is 0 Å². The zero-order valence-corrected chi connectivity index (χ0v) is 15.9. The second-order valence-corrected chi connectivity index (χ2v) is 8.67. The molecule has 1 unspecified atom stereocenters. The molecule has 1 aromatic rings. The third kappa shape index (κ3) is 4.50. The largest absolute Gasteiger partial charge is 0.338 e. The van der Waals surface area contributed by atoms with Crippen molar-refractivity contribution in [1.29, 1.82) is 0 Å². The molecule has 0 N–H and O–H groups in total. The number of hydrogen-bond acceptors (Lipinski definition) is 3. The summed E-state index contributed by atoms with van der Waals surface area (Å²) in [6, 6.07) is 5.85. The third-order valence-electron chi connectivity index (χ3n) is 4.59. The number of likely N-dealkylation sites (tertiary alicyclic amines) is 1. The topological polar surface area (TPSA) is 57.7 Å². The highest BCUT2D eigenvalue weighted by atomic mass is 32.2. The number of rotatable bonds is 5. The molecule has 1 fully saturated rings. The first kappa shape index (κ1) is 18.8. The third-order valence-corrected chi connectivity index (χ3v) is 5.73. The van der Waals surface area contributed by atoms with Crippen molar-refractivity contribution < 1.29 is 13.2 Å². The van der Waals surface area contributed by atoms with Gasteiger partial charge in [0, 0.05) is 12.6 Å². The molecule has 5 nitrogen and oxygen atoms in total. The van der Waals surface area contributed by atoms with Crippen LogP contribution in [0.15, 0.2) is 18.2 Å². The number of nitrogens with zero attached hydrogens (tertiary/aromatic N) is 2. The molecule has 1 aliphatic heterocycles. The normalized spacial score (nSPS) is 18.5. The average Bonchev–Trinajstić information content (AvgIpc) is 2.50. The number of amides is 1. The second-order valence-electron chi connectivity index (χ2n) is 6.76. The van der Waals surface area contributed by atoms with Gasteiger partial charge in [0.05, 0.1) is 11.9 Å². The van der Waals surface area contributed by atoms with Crippen LogP contribution in [0.2, 0.25) is 0 Å². The van der Waals surface area contributed by atoms with E-state index in [1.807, 2.05) is 36.9 Å². The van der Waals surface area contributed by atoms with E-state index in [1.54, 1.807) is 0 Å². The van der Waals surface area contributed by atoms with Gasteiger partial charge in [0.2, 0.25) is 15.9 Å². The molecule has 6 heteroatoms. The van der Waals surface area contributed by atoms with Crippen LogP contribution in [0.1, 0.15) is 43.7 Å². The van der Waals surface area contributed by atoms with Crippen molar-refractivity contribution in [3.05, 3.63) is 29.3 Å². The van der Waals surface area contributed by atoms with Crippen LogP contribution in [0.3, 0.4) is 0 Å². The average molecular weight is 353 g/mol. The van der Waals surface area contributed by atoms with Crippen LogP contribution in [0, 0.1) is 13.8 Å². The lowest BCUT2D eigenvalue weighted by atomic mass is 10.00. The van der Waals surface area contributed by atoms with Crippen LogP contribution in [0.5, 0.6) is 0 Å². The second kappa shape index (κ2) is 7.55. The fourth-order valence-electron chi connectivity index (χ4n) is 3.46. The van der Waals surface area contributed by atoms with Gasteiger partial charge in [-0.1, -0.05) is 13.0 Å². The van der Waals surface area contributed by atoms with Gasteiger partial charge in [-0.25, -0.2) is 8.42 Å². The molecule has 1 aromatic carbocycles. The quantitative estimate of drug-likeness (QED) is 0.819. The van der Waals surface area contributed by atoms with Crippen molar-refractivity contribution >= 4 is 21.6 Å². The first-order valence-corrected chi connectivity index (χ1v) is 10.4. The van der Waals surface area contributed by atoms with E-state index < -0.39 is 10.0 Å². The predicted octanol–water partition coefficient (Wildman–Crippen LogP) is 2.86. The summed E-state index contributed by atoms with van der Waals surface area (Å²) in [4.78, 5) is 14.7. The van der Waals surface area contributed by atoms with Crippen LogP contribution in [0.25, 0.3) is 0 Å². The molecule has 0 aliphatic carbocycles. The van der Waals surface area contributed by atoms with E-state index in [1.165, 1.54) is 4.31 Å². The number of aryl methyl sites for hydroxylation is 2. The molecule has 2 rings (SSSR count). The summed E-state index contributed by atoms with van der Waals surface area (Å²) in [6.07, 6.45) is 5.20. The molecule has 134 valence electrons. The Labute approximate surface area is 145 Å². The maximum Gasteiger partial charge on any atom is 0.243 e. The molecule has 1 amide bonds. The maximum absolute atomic E-state index is 12.8. The van der Waals surface area contributed by atoms with Crippen molar-refractivity contribution in [3.8, 4) is 0 Å². The number of carbonyl (C=O) groups excluding carboxylic acids is 1. The van der Waals surface area contributed by atoms with E-state index >= 15 is 0 Å². The SMILES string of the molecule is CCC1CCCCN1C(=O)CN(c1cc(C)cc(C)c1)S(C)(=O)=O. The Bertz CT molecular complexity index is 680. The van der Waals surface area contributed by atoms with Crippen LogP contribution in [-0.4, -0.2) is 44.6 Å². The van der Waals surface area contributed by atoms with Crippen LogP contribution in [-0.2, 0) is 14.8 Å². The molecule has 1 atom stereocenters. The smallest absolute Gasteiger partial charge is 0.243 e. The number of piperidine rings is 1. The van der Waals surface area contributed by atoms with Crippen molar-refractivity contribution in [2.24, 2.45) is 0 Å². The fraction of sp³-hybridized carbons (Fsp3) is 0.611. The van der Waals surface area contributed by atoms with Gasteiger partial charge in [-0.3, -0.25) is 9.10 Å². The molecular weight excluding hydrogens is 324 g/mol. The first-order chi connectivity index (χ1) is 11.2. The number of anilines is 1. The summed E-state index contributed by atoms with van der Waals surface area (Å²) >= 11 is 0. The maximum atomic E-state index is 12.8. The standard InChI is InChI=1S/C18H28N2O3S/c1-5-16-8-6-7-9-19(16)18(21)13-20(24(4,22)23)17-11-14(2)10-15(3)12-17/h10-12,16H,5-9,13H2,1-4H3. The van der Waals surface area contributed by atoms with Crippen molar-refractivity contribution in [3.63, 3.8) is 0 Å². The van der Waals surface area contributed by atoms with Crippen molar-refractivity contribution in [1.82, 2.24) is 4.90 Å². The summed E-state index contributed by atoms with van der Waals surface area (Å²) in [5.74, 6) is -0.105. The Kier molecular flexibility index (Phi) is 5.91. The molecule has 0 saturated carbocycles. The van der Waals surface area contributed by atoms with Gasteiger partial charge in [0.1, 0.15) is 6.54 Å². The Balaban J connectivity index is 2.28. The van der Waals surface area contributed by atoms with Crippen LogP contribution < -0.4 is 4.31 Å². The highest BCUT2D eigenvalue weighted by Crippen LogP contribution is 2.24. The molecule has 1 aliphatic rings. The zero-order chi connectivity index (χ0) is 17.9. The summed E-state index contributed by atoms with van der Waals surface area (Å²) in [5, 5.41) is 0. The summed E-state index contributed by atoms with van der Waals surface area (Å²) in [5.41, 5.74) is 2.53. The van der Waals surface area contributed by atoms with Crippen molar-refractivity contribution in [2.75, 3.05) is 23.7 Å². The molecule has 0 radical (unpaired) electrons. The number of hydrogen-bond donors (Lipinski definition) is 0. The summed E-state index contributed by atoms with van der Waals surface area (Å²) in [7, 11) is -3.52. The highest BCUT2D eigenvalue weighted by Gasteiger charge is 2.29. The van der Waals surface area contributed by atoms with Gasteiger partial charge in [-0.15, -0.1) is 0 Å². The van der Waals surface area contributed by atoms with E-state index in [-0.39, 0.29) is 18.5 Å². The van der Waals surface area contributed by atoms with Gasteiger partial charge in [-0.05, 0) is 62.8 Å². The minimum Gasteiger partial charge on any atom is -0.338 e. The fourth-order valence-corrected chi connectivity index (χ4v) is 4.30. The van der Waals surface area contributed by atoms with E-state index in [0.717, 1.165) is 49.6 Å². The van der Waals surface area contributed by atoms with E-state index in [2.05, 4.69) is 6.92 Å². The Morgan fingerprint density at radius 1 is 1.21 bits per heavy atom. The number of sulfonamides is 1. The van der Waals surface area contributed by atoms with E-state index in [9.17, 15) is 13.2 Å². The molecule has 0 aromatic heterocycles. The van der Waals surface area contributed by atoms with Crippen molar-refractivity contribution in [2.45, 2.75) is 52.5 Å². The molecule has 0 spiro atoms. The zero-order valence-electron chi connectivity index (χ0n) is 15.1. The molecule has 1 heterocycles. The molecule has 1 saturated heterocycles.